The van der Waals surface area contributed by atoms with Gasteiger partial charge in [-0.25, -0.2) is 4.79 Å². The Bertz CT molecular complexity index is 590. The van der Waals surface area contributed by atoms with Crippen molar-refractivity contribution in [3.05, 3.63) is 47.0 Å². The topological polar surface area (TPSA) is 69.0 Å². The molecule has 0 spiro atoms. The Morgan fingerprint density at radius 1 is 1.35 bits per heavy atom. The minimum atomic E-state index is -0.372. The average molecular weight is 274 g/mol. The summed E-state index contributed by atoms with van der Waals surface area (Å²) in [7, 11) is 3.28. The zero-order valence-electron chi connectivity index (χ0n) is 11.9. The Morgan fingerprint density at radius 3 is 2.70 bits per heavy atom. The van der Waals surface area contributed by atoms with Gasteiger partial charge in [-0.3, -0.25) is 9.67 Å². The van der Waals surface area contributed by atoms with Crippen LogP contribution in [0.15, 0.2) is 24.5 Å². The van der Waals surface area contributed by atoms with Crippen molar-refractivity contribution in [3.63, 3.8) is 0 Å². The highest BCUT2D eigenvalue weighted by Crippen LogP contribution is 2.06. The summed E-state index contributed by atoms with van der Waals surface area (Å²) in [6, 6.07) is 3.53. The van der Waals surface area contributed by atoms with Crippen LogP contribution in [0.4, 0.5) is 0 Å². The number of nitrogens with zero attached hydrogens (tertiary/aromatic N) is 3. The van der Waals surface area contributed by atoms with Crippen molar-refractivity contribution in [1.29, 1.82) is 0 Å². The van der Waals surface area contributed by atoms with Crippen LogP contribution in [-0.2, 0) is 24.9 Å². The standard InChI is InChI=1S/C14H18N4O2/c1-10-12(8-17-18(10)2)6-15-9-13-5-4-11(7-16-13)14(19)20-3/h4-5,7-8,15H,6,9H2,1-3H3. The third-order valence-corrected chi connectivity index (χ3v) is 3.20. The van der Waals surface area contributed by atoms with Crippen LogP contribution >= 0.6 is 0 Å². The average Bonchev–Trinajstić information content (AvgIpc) is 2.79. The fourth-order valence-electron chi connectivity index (χ4n) is 1.81. The second kappa shape index (κ2) is 6.29. The van der Waals surface area contributed by atoms with Gasteiger partial charge in [-0.2, -0.15) is 5.10 Å². The smallest absolute Gasteiger partial charge is 0.339 e. The fraction of sp³-hybridized carbons (Fsp3) is 0.357. The highest BCUT2D eigenvalue weighted by Gasteiger charge is 2.06. The van der Waals surface area contributed by atoms with Gasteiger partial charge < -0.3 is 10.1 Å². The van der Waals surface area contributed by atoms with Crippen LogP contribution < -0.4 is 5.32 Å². The number of methoxy groups -OCH3 is 1. The molecule has 0 atom stereocenters. The molecular formula is C14H18N4O2. The van der Waals surface area contributed by atoms with Crippen molar-refractivity contribution in [2.45, 2.75) is 20.0 Å². The Hall–Kier alpha value is -2.21. The van der Waals surface area contributed by atoms with Crippen molar-refractivity contribution >= 4 is 5.97 Å². The molecule has 1 N–H and O–H groups in total. The number of ether oxygens (including phenoxy) is 1. The van der Waals surface area contributed by atoms with Gasteiger partial charge in [0.2, 0.25) is 0 Å². The molecular weight excluding hydrogens is 256 g/mol. The van der Waals surface area contributed by atoms with Gasteiger partial charge in [0.15, 0.2) is 0 Å². The van der Waals surface area contributed by atoms with Crippen molar-refractivity contribution in [1.82, 2.24) is 20.1 Å². The molecule has 6 nitrogen and oxygen atoms in total. The Balaban J connectivity index is 1.88. The molecule has 0 aliphatic heterocycles. The monoisotopic (exact) mass is 274 g/mol. The molecule has 2 heterocycles. The maximum Gasteiger partial charge on any atom is 0.339 e. The Kier molecular flexibility index (Phi) is 4.47. The molecule has 0 fully saturated rings. The molecule has 0 aliphatic rings. The number of nitrogens with one attached hydrogen (secondary N) is 1. The van der Waals surface area contributed by atoms with E-state index in [1.54, 1.807) is 6.07 Å². The molecule has 0 saturated heterocycles. The van der Waals surface area contributed by atoms with Crippen LogP contribution in [-0.4, -0.2) is 27.8 Å². The first kappa shape index (κ1) is 14.2. The number of rotatable bonds is 5. The first-order chi connectivity index (χ1) is 9.61. The third kappa shape index (κ3) is 3.21. The largest absolute Gasteiger partial charge is 0.465 e. The van der Waals surface area contributed by atoms with E-state index in [4.69, 9.17) is 0 Å². The number of hydrogen-bond donors (Lipinski definition) is 1. The molecule has 0 amide bonds. The molecule has 6 heteroatoms. The normalized spacial score (nSPS) is 10.6. The number of carbonyl (C=O) groups is 1. The molecule has 2 rings (SSSR count). The van der Waals surface area contributed by atoms with E-state index in [2.05, 4.69) is 20.1 Å². The maximum atomic E-state index is 11.3. The van der Waals surface area contributed by atoms with E-state index in [9.17, 15) is 4.79 Å². The van der Waals surface area contributed by atoms with Crippen LogP contribution in [0.2, 0.25) is 0 Å². The van der Waals surface area contributed by atoms with E-state index in [-0.39, 0.29) is 5.97 Å². The molecule has 0 radical (unpaired) electrons. The number of pyridine rings is 1. The quantitative estimate of drug-likeness (QED) is 0.830. The molecule has 0 aliphatic carbocycles. The minimum absolute atomic E-state index is 0.372. The number of hydrogen-bond acceptors (Lipinski definition) is 5. The molecule has 0 unspecified atom stereocenters. The van der Waals surface area contributed by atoms with Crippen LogP contribution in [0.3, 0.4) is 0 Å². The molecule has 20 heavy (non-hydrogen) atoms. The van der Waals surface area contributed by atoms with Crippen LogP contribution in [0.5, 0.6) is 0 Å². The van der Waals surface area contributed by atoms with Gasteiger partial charge in [0.1, 0.15) is 0 Å². The third-order valence-electron chi connectivity index (χ3n) is 3.20. The highest BCUT2D eigenvalue weighted by atomic mass is 16.5. The van der Waals surface area contributed by atoms with Crippen molar-refractivity contribution in [2.24, 2.45) is 7.05 Å². The van der Waals surface area contributed by atoms with Crippen LogP contribution in [0.25, 0.3) is 0 Å². The summed E-state index contributed by atoms with van der Waals surface area (Å²) in [5.41, 5.74) is 3.64. The van der Waals surface area contributed by atoms with Crippen molar-refractivity contribution in [2.75, 3.05) is 7.11 Å². The maximum absolute atomic E-state index is 11.3. The number of esters is 1. The summed E-state index contributed by atoms with van der Waals surface area (Å²) < 4.78 is 6.47. The zero-order valence-corrected chi connectivity index (χ0v) is 11.9. The first-order valence-corrected chi connectivity index (χ1v) is 6.33. The van der Waals surface area contributed by atoms with Crippen molar-refractivity contribution < 1.29 is 9.53 Å². The van der Waals surface area contributed by atoms with Crippen LogP contribution in [0, 0.1) is 6.92 Å². The molecule has 2 aromatic heterocycles. The van der Waals surface area contributed by atoms with E-state index in [1.165, 1.54) is 18.9 Å². The fourth-order valence-corrected chi connectivity index (χ4v) is 1.81. The minimum Gasteiger partial charge on any atom is -0.465 e. The highest BCUT2D eigenvalue weighted by molar-refractivity contribution is 5.88. The lowest BCUT2D eigenvalue weighted by Crippen LogP contribution is -2.14. The van der Waals surface area contributed by atoms with E-state index in [0.717, 1.165) is 17.9 Å². The van der Waals surface area contributed by atoms with Gasteiger partial charge in [0.05, 0.1) is 24.6 Å². The molecule has 0 aromatic carbocycles. The SMILES string of the molecule is COC(=O)c1ccc(CNCc2cnn(C)c2C)nc1. The molecule has 0 saturated carbocycles. The lowest BCUT2D eigenvalue weighted by Gasteiger charge is -2.05. The number of carbonyl (C=O) groups excluding carboxylic acids is 1. The lowest BCUT2D eigenvalue weighted by molar-refractivity contribution is 0.0600. The second-order valence-corrected chi connectivity index (χ2v) is 4.51. The van der Waals surface area contributed by atoms with Gasteiger partial charge in [0.25, 0.3) is 0 Å². The van der Waals surface area contributed by atoms with Gasteiger partial charge in [-0.15, -0.1) is 0 Å². The summed E-state index contributed by atoms with van der Waals surface area (Å²) in [4.78, 5) is 15.5. The summed E-state index contributed by atoms with van der Waals surface area (Å²) in [6.07, 6.45) is 3.38. The zero-order chi connectivity index (χ0) is 14.5. The van der Waals surface area contributed by atoms with Gasteiger partial charge in [-0.1, -0.05) is 0 Å². The second-order valence-electron chi connectivity index (χ2n) is 4.51. The van der Waals surface area contributed by atoms with Gasteiger partial charge >= 0.3 is 5.97 Å². The summed E-state index contributed by atoms with van der Waals surface area (Å²) in [5, 5.41) is 7.49. The van der Waals surface area contributed by atoms with E-state index in [0.29, 0.717) is 12.1 Å². The summed E-state index contributed by atoms with van der Waals surface area (Å²) in [6.45, 7) is 3.41. The first-order valence-electron chi connectivity index (χ1n) is 6.33. The number of aromatic nitrogens is 3. The molecule has 0 bridgehead atoms. The predicted molar refractivity (Wildman–Crippen MR) is 74.1 cm³/mol. The van der Waals surface area contributed by atoms with Gasteiger partial charge in [0, 0.05) is 37.6 Å². The number of aryl methyl sites for hydroxylation is 1. The predicted octanol–water partition coefficient (Wildman–Crippen LogP) is 1.20. The lowest BCUT2D eigenvalue weighted by atomic mass is 10.2. The van der Waals surface area contributed by atoms with Gasteiger partial charge in [-0.05, 0) is 19.1 Å². The Labute approximate surface area is 117 Å². The van der Waals surface area contributed by atoms with E-state index in [1.807, 2.05) is 30.9 Å². The molecule has 106 valence electrons. The Morgan fingerprint density at radius 2 is 2.15 bits per heavy atom. The van der Waals surface area contributed by atoms with Crippen LogP contribution in [0.1, 0.15) is 27.3 Å². The summed E-state index contributed by atoms with van der Waals surface area (Å²) in [5.74, 6) is -0.372. The molecule has 2 aromatic rings. The summed E-state index contributed by atoms with van der Waals surface area (Å²) >= 11 is 0. The van der Waals surface area contributed by atoms with Crippen molar-refractivity contribution in [3.8, 4) is 0 Å². The van der Waals surface area contributed by atoms with E-state index >= 15 is 0 Å². The van der Waals surface area contributed by atoms with E-state index < -0.39 is 0 Å².